The quantitative estimate of drug-likeness (QED) is 0.615. The number of carbonyl (C=O) groups is 1. The molecule has 0 unspecified atom stereocenters. The van der Waals surface area contributed by atoms with Gasteiger partial charge in [-0.25, -0.2) is 9.79 Å². The van der Waals surface area contributed by atoms with Crippen LogP contribution in [0.2, 0.25) is 0 Å². The number of hydrogen-bond acceptors (Lipinski definition) is 7. The Labute approximate surface area is 142 Å². The lowest BCUT2D eigenvalue weighted by atomic mass is 10.1. The summed E-state index contributed by atoms with van der Waals surface area (Å²) in [7, 11) is 4.62. The van der Waals surface area contributed by atoms with Crippen molar-refractivity contribution in [2.45, 2.75) is 0 Å². The average Bonchev–Trinajstić information content (AvgIpc) is 3.24. The van der Waals surface area contributed by atoms with Gasteiger partial charge in [0.05, 0.1) is 26.2 Å². The lowest BCUT2D eigenvalue weighted by Gasteiger charge is -2.12. The molecule has 0 atom stereocenters. The van der Waals surface area contributed by atoms with E-state index in [4.69, 9.17) is 18.9 Å². The Hall–Kier alpha value is -2.80. The van der Waals surface area contributed by atoms with Crippen molar-refractivity contribution in [3.05, 3.63) is 45.8 Å². The molecule has 3 rings (SSSR count). The van der Waals surface area contributed by atoms with Gasteiger partial charge in [0.15, 0.2) is 17.2 Å². The van der Waals surface area contributed by atoms with E-state index in [1.807, 2.05) is 17.5 Å². The number of benzene rings is 1. The van der Waals surface area contributed by atoms with Gasteiger partial charge in [0.1, 0.15) is 5.75 Å². The summed E-state index contributed by atoms with van der Waals surface area (Å²) in [5.74, 6) is 1.40. The molecule has 0 saturated carbocycles. The summed E-state index contributed by atoms with van der Waals surface area (Å²) in [5.41, 5.74) is 0.835. The lowest BCUT2D eigenvalue weighted by Crippen LogP contribution is -2.03. The van der Waals surface area contributed by atoms with Crippen LogP contribution in [0.1, 0.15) is 10.4 Å². The van der Waals surface area contributed by atoms with E-state index in [-0.39, 0.29) is 5.70 Å². The molecule has 0 saturated heterocycles. The fraction of sp³-hybridized carbons (Fsp3) is 0.176. The molecule has 24 heavy (non-hydrogen) atoms. The zero-order valence-corrected chi connectivity index (χ0v) is 14.2. The van der Waals surface area contributed by atoms with E-state index in [0.717, 1.165) is 4.88 Å². The van der Waals surface area contributed by atoms with Crippen molar-refractivity contribution in [2.75, 3.05) is 21.3 Å². The molecule has 1 aliphatic rings. The molecule has 0 aliphatic carbocycles. The van der Waals surface area contributed by atoms with E-state index in [0.29, 0.717) is 28.7 Å². The van der Waals surface area contributed by atoms with Crippen LogP contribution in [0.4, 0.5) is 0 Å². The Kier molecular flexibility index (Phi) is 4.52. The van der Waals surface area contributed by atoms with Gasteiger partial charge in [-0.3, -0.25) is 0 Å². The third-order valence-electron chi connectivity index (χ3n) is 3.38. The fourth-order valence-electron chi connectivity index (χ4n) is 2.23. The minimum absolute atomic E-state index is 0.198. The first kappa shape index (κ1) is 16.1. The molecule has 2 aromatic rings. The van der Waals surface area contributed by atoms with Crippen LogP contribution in [-0.2, 0) is 9.53 Å². The molecule has 124 valence electrons. The van der Waals surface area contributed by atoms with Gasteiger partial charge >= 0.3 is 5.97 Å². The van der Waals surface area contributed by atoms with Crippen LogP contribution in [0.15, 0.2) is 40.3 Å². The molecule has 0 fully saturated rings. The summed E-state index contributed by atoms with van der Waals surface area (Å²) in [6.07, 6.45) is 1.60. The Morgan fingerprint density at radius 3 is 2.42 bits per heavy atom. The predicted molar refractivity (Wildman–Crippen MR) is 91.0 cm³/mol. The molecule has 0 spiro atoms. The van der Waals surface area contributed by atoms with Crippen molar-refractivity contribution in [3.8, 4) is 17.2 Å². The van der Waals surface area contributed by atoms with Crippen molar-refractivity contribution in [1.82, 2.24) is 0 Å². The highest BCUT2D eigenvalue weighted by Gasteiger charge is 2.25. The second kappa shape index (κ2) is 6.76. The standard InChI is InChI=1S/C17H15NO5S/c1-20-12-9-14(22-3)13(21-2)8-10(12)7-11-17(19)23-16(18-11)15-5-4-6-24-15/h4-9H,1-3H3/b11-7+. The van der Waals surface area contributed by atoms with Crippen LogP contribution in [0.25, 0.3) is 6.08 Å². The number of esters is 1. The minimum atomic E-state index is -0.504. The third-order valence-corrected chi connectivity index (χ3v) is 4.24. The predicted octanol–water partition coefficient (Wildman–Crippen LogP) is 3.12. The topological polar surface area (TPSA) is 66.3 Å². The number of methoxy groups -OCH3 is 3. The number of thiophene rings is 1. The molecule has 0 radical (unpaired) electrons. The maximum absolute atomic E-state index is 12.1. The van der Waals surface area contributed by atoms with Gasteiger partial charge < -0.3 is 18.9 Å². The number of hydrogen-bond donors (Lipinski definition) is 0. The molecular formula is C17H15NO5S. The first-order valence-corrected chi connectivity index (χ1v) is 7.90. The number of ether oxygens (including phenoxy) is 4. The van der Waals surface area contributed by atoms with Crippen LogP contribution in [0, 0.1) is 0 Å². The highest BCUT2D eigenvalue weighted by molar-refractivity contribution is 7.12. The average molecular weight is 345 g/mol. The fourth-order valence-corrected chi connectivity index (χ4v) is 2.88. The molecule has 0 bridgehead atoms. The lowest BCUT2D eigenvalue weighted by molar-refractivity contribution is -0.129. The maximum Gasteiger partial charge on any atom is 0.363 e. The summed E-state index contributed by atoms with van der Waals surface area (Å²) in [6, 6.07) is 7.12. The minimum Gasteiger partial charge on any atom is -0.496 e. The molecule has 1 aliphatic heterocycles. The molecule has 1 aromatic heterocycles. The molecule has 2 heterocycles. The number of nitrogens with zero attached hydrogens (tertiary/aromatic N) is 1. The first-order chi connectivity index (χ1) is 11.7. The molecule has 1 aromatic carbocycles. The van der Waals surface area contributed by atoms with Gasteiger partial charge in [-0.15, -0.1) is 11.3 Å². The van der Waals surface area contributed by atoms with E-state index in [1.54, 1.807) is 25.3 Å². The van der Waals surface area contributed by atoms with Crippen LogP contribution in [0.5, 0.6) is 17.2 Å². The number of aliphatic imine (C=N–C) groups is 1. The van der Waals surface area contributed by atoms with Crippen LogP contribution < -0.4 is 14.2 Å². The number of rotatable bonds is 5. The zero-order chi connectivity index (χ0) is 17.1. The Morgan fingerprint density at radius 1 is 1.08 bits per heavy atom. The van der Waals surface area contributed by atoms with Crippen LogP contribution >= 0.6 is 11.3 Å². The van der Waals surface area contributed by atoms with Gasteiger partial charge in [-0.05, 0) is 23.6 Å². The number of carbonyl (C=O) groups excluding carboxylic acids is 1. The van der Waals surface area contributed by atoms with Crippen molar-refractivity contribution >= 4 is 29.3 Å². The Morgan fingerprint density at radius 2 is 1.79 bits per heavy atom. The second-order valence-corrected chi connectivity index (χ2v) is 5.71. The largest absolute Gasteiger partial charge is 0.496 e. The van der Waals surface area contributed by atoms with Gasteiger partial charge in [0.2, 0.25) is 5.90 Å². The Balaban J connectivity index is 2.03. The molecular weight excluding hydrogens is 330 g/mol. The second-order valence-electron chi connectivity index (χ2n) is 4.76. The van der Waals surface area contributed by atoms with E-state index in [1.165, 1.54) is 25.6 Å². The van der Waals surface area contributed by atoms with Crippen molar-refractivity contribution in [1.29, 1.82) is 0 Å². The molecule has 7 heteroatoms. The normalized spacial score (nSPS) is 15.2. The number of cyclic esters (lactones) is 1. The summed E-state index contributed by atoms with van der Waals surface area (Å²) in [5, 5.41) is 1.89. The van der Waals surface area contributed by atoms with Gasteiger partial charge in [0, 0.05) is 11.6 Å². The summed E-state index contributed by atoms with van der Waals surface area (Å²) < 4.78 is 21.1. The zero-order valence-electron chi connectivity index (χ0n) is 13.4. The smallest absolute Gasteiger partial charge is 0.363 e. The monoisotopic (exact) mass is 345 g/mol. The highest BCUT2D eigenvalue weighted by atomic mass is 32.1. The van der Waals surface area contributed by atoms with Gasteiger partial charge in [0.25, 0.3) is 0 Å². The first-order valence-electron chi connectivity index (χ1n) is 7.02. The highest BCUT2D eigenvalue weighted by Crippen LogP contribution is 2.36. The van der Waals surface area contributed by atoms with E-state index in [2.05, 4.69) is 4.99 Å². The van der Waals surface area contributed by atoms with Crippen LogP contribution in [0.3, 0.4) is 0 Å². The van der Waals surface area contributed by atoms with Gasteiger partial charge in [-0.1, -0.05) is 6.07 Å². The van der Waals surface area contributed by atoms with Crippen molar-refractivity contribution < 1.29 is 23.7 Å². The summed E-state index contributed by atoms with van der Waals surface area (Å²) in [4.78, 5) is 17.1. The third kappa shape index (κ3) is 2.98. The van der Waals surface area contributed by atoms with Crippen molar-refractivity contribution in [2.24, 2.45) is 4.99 Å². The van der Waals surface area contributed by atoms with E-state index >= 15 is 0 Å². The molecule has 0 amide bonds. The summed E-state index contributed by atoms with van der Waals surface area (Å²) >= 11 is 1.45. The summed E-state index contributed by atoms with van der Waals surface area (Å²) in [6.45, 7) is 0. The molecule has 0 N–H and O–H groups in total. The van der Waals surface area contributed by atoms with Crippen molar-refractivity contribution in [3.63, 3.8) is 0 Å². The Bertz CT molecular complexity index is 824. The SMILES string of the molecule is COc1cc(OC)c(OC)cc1/C=C1/N=C(c2cccs2)OC1=O. The van der Waals surface area contributed by atoms with E-state index < -0.39 is 5.97 Å². The van der Waals surface area contributed by atoms with E-state index in [9.17, 15) is 4.79 Å². The van der Waals surface area contributed by atoms with Crippen LogP contribution in [-0.4, -0.2) is 33.2 Å². The molecule has 6 nitrogen and oxygen atoms in total. The maximum atomic E-state index is 12.1. The van der Waals surface area contributed by atoms with Gasteiger partial charge in [-0.2, -0.15) is 0 Å².